The number of nitrogens with one attached hydrogen (secondary N) is 1. The van der Waals surface area contributed by atoms with Crippen molar-refractivity contribution in [3.63, 3.8) is 0 Å². The second-order valence-electron chi connectivity index (χ2n) is 5.40. The van der Waals surface area contributed by atoms with Crippen LogP contribution in [0, 0.1) is 0 Å². The van der Waals surface area contributed by atoms with Crippen molar-refractivity contribution >= 4 is 17.6 Å². The van der Waals surface area contributed by atoms with Gasteiger partial charge in [-0.05, 0) is 29.8 Å². The van der Waals surface area contributed by atoms with Crippen molar-refractivity contribution < 1.29 is 19.8 Å². The average Bonchev–Trinajstić information content (AvgIpc) is 2.63. The molecule has 25 heavy (non-hydrogen) atoms. The molecule has 0 unspecified atom stereocenters. The molecule has 0 saturated carbocycles. The maximum atomic E-state index is 12.5. The van der Waals surface area contributed by atoms with E-state index in [4.69, 9.17) is 5.11 Å². The van der Waals surface area contributed by atoms with Gasteiger partial charge in [-0.3, -0.25) is 4.79 Å². The number of carbonyl (C=O) groups excluding carboxylic acids is 1. The molecule has 3 aromatic carbocycles. The summed E-state index contributed by atoms with van der Waals surface area (Å²) in [4.78, 5) is 23.6. The molecule has 124 valence electrons. The molecule has 0 fully saturated rings. The molecule has 5 heteroatoms. The van der Waals surface area contributed by atoms with Crippen LogP contribution in [0.2, 0.25) is 0 Å². The molecule has 3 rings (SSSR count). The van der Waals surface area contributed by atoms with Gasteiger partial charge in [-0.2, -0.15) is 0 Å². The van der Waals surface area contributed by atoms with Crippen molar-refractivity contribution in [1.82, 2.24) is 0 Å². The normalized spacial score (nSPS) is 10.2. The third-order valence-electron chi connectivity index (χ3n) is 3.75. The molecule has 0 aliphatic carbocycles. The largest absolute Gasteiger partial charge is 0.507 e. The third-order valence-corrected chi connectivity index (χ3v) is 3.75. The molecular formula is C20H15NO4. The number of aromatic hydroxyl groups is 1. The predicted octanol–water partition coefficient (Wildman–Crippen LogP) is 4.01. The van der Waals surface area contributed by atoms with E-state index in [2.05, 4.69) is 5.32 Å². The number of hydrogen-bond donors (Lipinski definition) is 3. The standard InChI is InChI=1S/C20H15NO4/c22-18-11-10-14(12-16(18)20(24)25)19(23)21-17-9-5-4-8-15(17)13-6-2-1-3-7-13/h1-12,22H,(H,21,23)(H,24,25). The van der Waals surface area contributed by atoms with E-state index >= 15 is 0 Å². The Labute approximate surface area is 144 Å². The van der Waals surface area contributed by atoms with E-state index in [0.717, 1.165) is 17.2 Å². The first-order chi connectivity index (χ1) is 12.1. The number of aromatic carboxylic acids is 1. The van der Waals surface area contributed by atoms with Crippen molar-refractivity contribution in [1.29, 1.82) is 0 Å². The van der Waals surface area contributed by atoms with E-state index in [-0.39, 0.29) is 16.9 Å². The third kappa shape index (κ3) is 3.50. The Morgan fingerprint density at radius 2 is 1.52 bits per heavy atom. The van der Waals surface area contributed by atoms with E-state index in [1.807, 2.05) is 48.5 Å². The summed E-state index contributed by atoms with van der Waals surface area (Å²) >= 11 is 0. The quantitative estimate of drug-likeness (QED) is 0.673. The van der Waals surface area contributed by atoms with E-state index in [1.54, 1.807) is 6.07 Å². The van der Waals surface area contributed by atoms with Crippen LogP contribution < -0.4 is 5.32 Å². The molecule has 3 aromatic rings. The van der Waals surface area contributed by atoms with E-state index < -0.39 is 11.9 Å². The molecule has 0 spiro atoms. The van der Waals surface area contributed by atoms with Crippen molar-refractivity contribution in [2.24, 2.45) is 0 Å². The van der Waals surface area contributed by atoms with Crippen LogP contribution >= 0.6 is 0 Å². The highest BCUT2D eigenvalue weighted by Gasteiger charge is 2.15. The first kappa shape index (κ1) is 16.3. The molecule has 0 heterocycles. The maximum Gasteiger partial charge on any atom is 0.339 e. The zero-order valence-electron chi connectivity index (χ0n) is 13.1. The lowest BCUT2D eigenvalue weighted by atomic mass is 10.0. The van der Waals surface area contributed by atoms with Crippen molar-refractivity contribution in [2.75, 3.05) is 5.32 Å². The molecule has 0 saturated heterocycles. The molecule has 0 aromatic heterocycles. The summed E-state index contributed by atoms with van der Waals surface area (Å²) < 4.78 is 0. The Balaban J connectivity index is 1.92. The van der Waals surface area contributed by atoms with Gasteiger partial charge in [0, 0.05) is 16.8 Å². The summed E-state index contributed by atoms with van der Waals surface area (Å²) in [5.41, 5.74) is 2.26. The van der Waals surface area contributed by atoms with Gasteiger partial charge in [0.05, 0.1) is 0 Å². The molecular weight excluding hydrogens is 318 g/mol. The van der Waals surface area contributed by atoms with Gasteiger partial charge in [0.15, 0.2) is 0 Å². The Hall–Kier alpha value is -3.60. The summed E-state index contributed by atoms with van der Waals surface area (Å²) in [5.74, 6) is -2.13. The van der Waals surface area contributed by atoms with Crippen molar-refractivity contribution in [3.05, 3.63) is 83.9 Å². The van der Waals surface area contributed by atoms with Gasteiger partial charge in [-0.15, -0.1) is 0 Å². The minimum atomic E-state index is -1.29. The van der Waals surface area contributed by atoms with Gasteiger partial charge in [0.2, 0.25) is 0 Å². The first-order valence-corrected chi connectivity index (χ1v) is 7.58. The molecule has 0 bridgehead atoms. The van der Waals surface area contributed by atoms with Crippen LogP contribution in [0.5, 0.6) is 5.75 Å². The minimum Gasteiger partial charge on any atom is -0.507 e. The molecule has 0 aliphatic rings. The van der Waals surface area contributed by atoms with Crippen LogP contribution in [0.4, 0.5) is 5.69 Å². The average molecular weight is 333 g/mol. The van der Waals surface area contributed by atoms with Gasteiger partial charge in [0.1, 0.15) is 11.3 Å². The Morgan fingerprint density at radius 1 is 0.840 bits per heavy atom. The Morgan fingerprint density at radius 3 is 2.24 bits per heavy atom. The Bertz CT molecular complexity index is 935. The number of amides is 1. The lowest BCUT2D eigenvalue weighted by molar-refractivity contribution is 0.0693. The second kappa shape index (κ2) is 6.88. The minimum absolute atomic E-state index is 0.151. The molecule has 0 atom stereocenters. The number of hydrogen-bond acceptors (Lipinski definition) is 3. The van der Waals surface area contributed by atoms with Gasteiger partial charge >= 0.3 is 5.97 Å². The van der Waals surface area contributed by atoms with Crippen LogP contribution in [-0.2, 0) is 0 Å². The monoisotopic (exact) mass is 333 g/mol. The lowest BCUT2D eigenvalue weighted by Gasteiger charge is -2.12. The number of carbonyl (C=O) groups is 2. The van der Waals surface area contributed by atoms with Gasteiger partial charge < -0.3 is 15.5 Å². The fourth-order valence-corrected chi connectivity index (χ4v) is 2.50. The number of para-hydroxylation sites is 1. The number of carboxylic acid groups (broad SMARTS) is 1. The number of phenols is 1. The fraction of sp³-hybridized carbons (Fsp3) is 0. The summed E-state index contributed by atoms with van der Waals surface area (Å²) in [6.07, 6.45) is 0. The number of benzene rings is 3. The van der Waals surface area contributed by atoms with Crippen LogP contribution in [0.25, 0.3) is 11.1 Å². The Kier molecular flexibility index (Phi) is 4.48. The maximum absolute atomic E-state index is 12.5. The van der Waals surface area contributed by atoms with Gasteiger partial charge in [0.25, 0.3) is 5.91 Å². The van der Waals surface area contributed by atoms with Crippen LogP contribution in [0.15, 0.2) is 72.8 Å². The highest BCUT2D eigenvalue weighted by Crippen LogP contribution is 2.28. The van der Waals surface area contributed by atoms with Crippen LogP contribution in [-0.4, -0.2) is 22.1 Å². The zero-order valence-corrected chi connectivity index (χ0v) is 13.1. The summed E-state index contributed by atoms with van der Waals surface area (Å²) in [5, 5.41) is 21.4. The van der Waals surface area contributed by atoms with Crippen molar-refractivity contribution in [3.8, 4) is 16.9 Å². The molecule has 3 N–H and O–H groups in total. The van der Waals surface area contributed by atoms with Crippen LogP contribution in [0.3, 0.4) is 0 Å². The fourth-order valence-electron chi connectivity index (χ4n) is 2.50. The van der Waals surface area contributed by atoms with Crippen LogP contribution in [0.1, 0.15) is 20.7 Å². The van der Waals surface area contributed by atoms with Gasteiger partial charge in [-0.25, -0.2) is 4.79 Å². The number of carboxylic acids is 1. The van der Waals surface area contributed by atoms with E-state index in [1.165, 1.54) is 12.1 Å². The zero-order chi connectivity index (χ0) is 17.8. The lowest BCUT2D eigenvalue weighted by Crippen LogP contribution is -2.13. The molecule has 1 amide bonds. The first-order valence-electron chi connectivity index (χ1n) is 7.58. The predicted molar refractivity (Wildman–Crippen MR) is 94.9 cm³/mol. The summed E-state index contributed by atoms with van der Waals surface area (Å²) in [6.45, 7) is 0. The number of rotatable bonds is 4. The topological polar surface area (TPSA) is 86.6 Å². The molecule has 0 radical (unpaired) electrons. The van der Waals surface area contributed by atoms with Gasteiger partial charge in [-0.1, -0.05) is 48.5 Å². The highest BCUT2D eigenvalue weighted by atomic mass is 16.4. The van der Waals surface area contributed by atoms with E-state index in [9.17, 15) is 14.7 Å². The highest BCUT2D eigenvalue weighted by molar-refractivity contribution is 6.07. The van der Waals surface area contributed by atoms with E-state index in [0.29, 0.717) is 5.69 Å². The summed E-state index contributed by atoms with van der Waals surface area (Å²) in [7, 11) is 0. The smallest absolute Gasteiger partial charge is 0.339 e. The molecule has 5 nitrogen and oxygen atoms in total. The SMILES string of the molecule is O=C(Nc1ccccc1-c1ccccc1)c1ccc(O)c(C(=O)O)c1. The summed E-state index contributed by atoms with van der Waals surface area (Å²) in [6, 6.07) is 20.7. The molecule has 0 aliphatic heterocycles. The number of anilines is 1. The van der Waals surface area contributed by atoms with Crippen molar-refractivity contribution in [2.45, 2.75) is 0 Å². The second-order valence-corrected chi connectivity index (χ2v) is 5.40.